The third-order valence-corrected chi connectivity index (χ3v) is 4.47. The van der Waals surface area contributed by atoms with Crippen LogP contribution in [0.1, 0.15) is 48.2 Å². The van der Waals surface area contributed by atoms with Crippen molar-refractivity contribution in [2.45, 2.75) is 32.7 Å². The van der Waals surface area contributed by atoms with Crippen molar-refractivity contribution in [1.82, 2.24) is 30.0 Å². The molecular weight excluding hydrogens is 292 g/mol. The first-order chi connectivity index (χ1) is 11.2. The zero-order valence-corrected chi connectivity index (χ0v) is 13.7. The Labute approximate surface area is 136 Å². The van der Waals surface area contributed by atoms with E-state index >= 15 is 0 Å². The fraction of sp³-hybridized carbons (Fsp3) is 0.562. The second-order valence-electron chi connectivity index (χ2n) is 5.88. The summed E-state index contributed by atoms with van der Waals surface area (Å²) in [4.78, 5) is 24.7. The first-order valence-electron chi connectivity index (χ1n) is 8.29. The van der Waals surface area contributed by atoms with Crippen LogP contribution in [0.25, 0.3) is 0 Å². The van der Waals surface area contributed by atoms with Gasteiger partial charge < -0.3 is 9.88 Å². The number of imidazole rings is 1. The normalized spacial score (nSPS) is 19.2. The summed E-state index contributed by atoms with van der Waals surface area (Å²) >= 11 is 0. The molecule has 124 valence electrons. The minimum atomic E-state index is 0.0644. The Morgan fingerprint density at radius 1 is 1.39 bits per heavy atom. The van der Waals surface area contributed by atoms with Crippen molar-refractivity contribution in [3.05, 3.63) is 35.7 Å². The minimum Gasteiger partial charge on any atom is -0.347 e. The van der Waals surface area contributed by atoms with Crippen molar-refractivity contribution in [2.24, 2.45) is 0 Å². The predicted octanol–water partition coefficient (Wildman–Crippen LogP) is 1.60. The number of aromatic amines is 2. The molecule has 2 aromatic heterocycles. The molecular formula is C16H24N6O. The molecule has 2 aromatic rings. The lowest BCUT2D eigenvalue weighted by atomic mass is 10.1. The molecule has 1 unspecified atom stereocenters. The first kappa shape index (κ1) is 15.7. The van der Waals surface area contributed by atoms with E-state index in [0.29, 0.717) is 12.1 Å². The molecule has 0 aliphatic carbocycles. The summed E-state index contributed by atoms with van der Waals surface area (Å²) in [5.41, 5.74) is 1.64. The number of amides is 1. The number of likely N-dealkylation sites (N-methyl/N-ethyl adjacent to an activating group) is 1. The molecule has 0 bridgehead atoms. The van der Waals surface area contributed by atoms with Gasteiger partial charge in [-0.25, -0.2) is 4.98 Å². The molecule has 3 rings (SSSR count). The van der Waals surface area contributed by atoms with E-state index < -0.39 is 0 Å². The van der Waals surface area contributed by atoms with Crippen LogP contribution in [-0.4, -0.2) is 62.1 Å². The Balaban J connectivity index is 1.78. The first-order valence-corrected chi connectivity index (χ1v) is 8.29. The summed E-state index contributed by atoms with van der Waals surface area (Å²) in [7, 11) is 0. The van der Waals surface area contributed by atoms with Gasteiger partial charge in [0.15, 0.2) is 0 Å². The number of nitrogens with one attached hydrogen (secondary N) is 2. The van der Waals surface area contributed by atoms with E-state index in [2.05, 4.69) is 38.9 Å². The number of nitrogens with zero attached hydrogens (tertiary/aromatic N) is 4. The number of hydrogen-bond donors (Lipinski definition) is 2. The lowest BCUT2D eigenvalue weighted by Gasteiger charge is -2.40. The fourth-order valence-electron chi connectivity index (χ4n) is 3.21. The van der Waals surface area contributed by atoms with E-state index in [1.807, 2.05) is 11.1 Å². The number of rotatable bonds is 5. The standard InChI is InChI=1S/C16H24N6O/c1-3-5-13-12(10-19-20-13)16(23)22-9-8-21(4-2)14(11-22)15-17-6-7-18-15/h6-7,10,14H,3-5,8-9,11H2,1-2H3,(H,17,18)(H,19,20). The Kier molecular flexibility index (Phi) is 4.76. The maximum Gasteiger partial charge on any atom is 0.257 e. The van der Waals surface area contributed by atoms with Gasteiger partial charge in [0.2, 0.25) is 0 Å². The molecule has 7 nitrogen and oxygen atoms in total. The third-order valence-electron chi connectivity index (χ3n) is 4.47. The van der Waals surface area contributed by atoms with Crippen LogP contribution in [-0.2, 0) is 6.42 Å². The molecule has 1 aliphatic rings. The largest absolute Gasteiger partial charge is 0.347 e. The Morgan fingerprint density at radius 3 is 2.96 bits per heavy atom. The average Bonchev–Trinajstić information content (AvgIpc) is 3.25. The highest BCUT2D eigenvalue weighted by atomic mass is 16.2. The van der Waals surface area contributed by atoms with Crippen molar-refractivity contribution in [3.8, 4) is 0 Å². The predicted molar refractivity (Wildman–Crippen MR) is 87.1 cm³/mol. The van der Waals surface area contributed by atoms with E-state index in [9.17, 15) is 4.79 Å². The number of aryl methyl sites for hydroxylation is 1. The van der Waals surface area contributed by atoms with Crippen LogP contribution in [0.5, 0.6) is 0 Å². The Morgan fingerprint density at radius 2 is 2.26 bits per heavy atom. The highest BCUT2D eigenvalue weighted by Crippen LogP contribution is 2.24. The molecule has 3 heterocycles. The molecule has 1 saturated heterocycles. The number of H-pyrrole nitrogens is 2. The van der Waals surface area contributed by atoms with Crippen molar-refractivity contribution in [3.63, 3.8) is 0 Å². The Hall–Kier alpha value is -2.15. The van der Waals surface area contributed by atoms with Crippen molar-refractivity contribution >= 4 is 5.91 Å². The number of piperazine rings is 1. The zero-order chi connectivity index (χ0) is 16.2. The average molecular weight is 316 g/mol. The molecule has 1 atom stereocenters. The van der Waals surface area contributed by atoms with Crippen LogP contribution in [0.2, 0.25) is 0 Å². The van der Waals surface area contributed by atoms with Gasteiger partial charge in [-0.05, 0) is 13.0 Å². The van der Waals surface area contributed by atoms with Gasteiger partial charge in [-0.2, -0.15) is 5.10 Å². The molecule has 2 N–H and O–H groups in total. The highest BCUT2D eigenvalue weighted by molar-refractivity contribution is 5.95. The topological polar surface area (TPSA) is 80.9 Å². The van der Waals surface area contributed by atoms with Gasteiger partial charge in [0.25, 0.3) is 5.91 Å². The Bertz CT molecular complexity index is 635. The molecule has 1 amide bonds. The summed E-state index contributed by atoms with van der Waals surface area (Å²) < 4.78 is 0. The zero-order valence-electron chi connectivity index (χ0n) is 13.7. The number of carbonyl (C=O) groups is 1. The quantitative estimate of drug-likeness (QED) is 0.878. The minimum absolute atomic E-state index is 0.0644. The van der Waals surface area contributed by atoms with Crippen LogP contribution in [0.15, 0.2) is 18.6 Å². The molecule has 0 radical (unpaired) electrons. The molecule has 1 aliphatic heterocycles. The van der Waals surface area contributed by atoms with Gasteiger partial charge in [0.05, 0.1) is 17.8 Å². The maximum atomic E-state index is 12.9. The molecule has 23 heavy (non-hydrogen) atoms. The van der Waals surface area contributed by atoms with E-state index in [0.717, 1.165) is 44.0 Å². The molecule has 0 spiro atoms. The smallest absolute Gasteiger partial charge is 0.257 e. The third kappa shape index (κ3) is 3.14. The second kappa shape index (κ2) is 6.95. The number of hydrogen-bond acceptors (Lipinski definition) is 4. The van der Waals surface area contributed by atoms with E-state index in [1.54, 1.807) is 12.4 Å². The number of aromatic nitrogens is 4. The fourth-order valence-corrected chi connectivity index (χ4v) is 3.21. The summed E-state index contributed by atoms with van der Waals surface area (Å²) in [6.45, 7) is 7.43. The summed E-state index contributed by atoms with van der Waals surface area (Å²) in [6.07, 6.45) is 7.08. The van der Waals surface area contributed by atoms with Crippen molar-refractivity contribution in [2.75, 3.05) is 26.2 Å². The monoisotopic (exact) mass is 316 g/mol. The van der Waals surface area contributed by atoms with Crippen LogP contribution < -0.4 is 0 Å². The summed E-state index contributed by atoms with van der Waals surface area (Å²) in [6, 6.07) is 0.120. The van der Waals surface area contributed by atoms with Crippen molar-refractivity contribution < 1.29 is 4.79 Å². The molecule has 0 aromatic carbocycles. The van der Waals surface area contributed by atoms with Crippen molar-refractivity contribution in [1.29, 1.82) is 0 Å². The van der Waals surface area contributed by atoms with Gasteiger partial charge in [0, 0.05) is 37.7 Å². The summed E-state index contributed by atoms with van der Waals surface area (Å²) in [5.74, 6) is 0.986. The van der Waals surface area contributed by atoms with Crippen LogP contribution in [0, 0.1) is 0 Å². The molecule has 0 saturated carbocycles. The van der Waals surface area contributed by atoms with Gasteiger partial charge in [-0.15, -0.1) is 0 Å². The van der Waals surface area contributed by atoms with Crippen LogP contribution in [0.3, 0.4) is 0 Å². The lowest BCUT2D eigenvalue weighted by molar-refractivity contribution is 0.0479. The van der Waals surface area contributed by atoms with E-state index in [-0.39, 0.29) is 11.9 Å². The van der Waals surface area contributed by atoms with Crippen LogP contribution in [0.4, 0.5) is 0 Å². The van der Waals surface area contributed by atoms with E-state index in [1.165, 1.54) is 0 Å². The SMILES string of the molecule is CCCc1[nH]ncc1C(=O)N1CCN(CC)C(c2ncc[nH]2)C1. The molecule has 7 heteroatoms. The number of carbonyl (C=O) groups excluding carboxylic acids is 1. The van der Waals surface area contributed by atoms with Gasteiger partial charge in [-0.1, -0.05) is 20.3 Å². The summed E-state index contributed by atoms with van der Waals surface area (Å²) in [5, 5.41) is 7.01. The molecule has 1 fully saturated rings. The van der Waals surface area contributed by atoms with Gasteiger partial charge in [0.1, 0.15) is 5.82 Å². The highest BCUT2D eigenvalue weighted by Gasteiger charge is 2.32. The maximum absolute atomic E-state index is 12.9. The van der Waals surface area contributed by atoms with E-state index in [4.69, 9.17) is 0 Å². The second-order valence-corrected chi connectivity index (χ2v) is 5.88. The van der Waals surface area contributed by atoms with Gasteiger partial charge >= 0.3 is 0 Å². The lowest BCUT2D eigenvalue weighted by Crippen LogP contribution is -2.50. The van der Waals surface area contributed by atoms with Gasteiger partial charge in [-0.3, -0.25) is 14.8 Å². The van der Waals surface area contributed by atoms with Crippen LogP contribution >= 0.6 is 0 Å².